The number of aromatic nitrogens is 1. The molecule has 0 atom stereocenters. The lowest BCUT2D eigenvalue weighted by molar-refractivity contribution is 0.769. The van der Waals surface area contributed by atoms with Crippen molar-refractivity contribution in [3.05, 3.63) is 94.2 Å². The summed E-state index contributed by atoms with van der Waals surface area (Å²) in [6.45, 7) is 0.586. The van der Waals surface area contributed by atoms with Crippen LogP contribution in [0.2, 0.25) is 0 Å². The SMILES string of the molecule is O=c1c2ccccc2c(-c2cccs2)cn1Cc1ccccc1. The summed E-state index contributed by atoms with van der Waals surface area (Å²) >= 11 is 1.70. The number of pyridine rings is 1. The Labute approximate surface area is 138 Å². The Morgan fingerprint density at radius 2 is 1.57 bits per heavy atom. The highest BCUT2D eigenvalue weighted by Crippen LogP contribution is 2.30. The minimum atomic E-state index is 0.0600. The van der Waals surface area contributed by atoms with E-state index in [9.17, 15) is 4.79 Å². The predicted octanol–water partition coefficient (Wildman–Crippen LogP) is 4.78. The maximum Gasteiger partial charge on any atom is 0.258 e. The summed E-state index contributed by atoms with van der Waals surface area (Å²) < 4.78 is 1.81. The molecule has 4 rings (SSSR count). The van der Waals surface area contributed by atoms with Crippen LogP contribution in [0, 0.1) is 0 Å². The summed E-state index contributed by atoms with van der Waals surface area (Å²) in [6, 6.07) is 22.1. The van der Waals surface area contributed by atoms with E-state index in [0.717, 1.165) is 21.9 Å². The lowest BCUT2D eigenvalue weighted by Gasteiger charge is -2.11. The van der Waals surface area contributed by atoms with E-state index in [1.807, 2.05) is 71.4 Å². The second kappa shape index (κ2) is 5.86. The first-order chi connectivity index (χ1) is 11.3. The quantitative estimate of drug-likeness (QED) is 0.533. The van der Waals surface area contributed by atoms with Gasteiger partial charge in [0, 0.05) is 22.0 Å². The van der Waals surface area contributed by atoms with Gasteiger partial charge in [-0.3, -0.25) is 4.79 Å². The average molecular weight is 317 g/mol. The van der Waals surface area contributed by atoms with Crippen LogP contribution in [-0.2, 0) is 6.54 Å². The maximum atomic E-state index is 12.8. The van der Waals surface area contributed by atoms with E-state index in [2.05, 4.69) is 11.4 Å². The summed E-state index contributed by atoms with van der Waals surface area (Å²) in [6.07, 6.45) is 1.99. The minimum absolute atomic E-state index is 0.0600. The summed E-state index contributed by atoms with van der Waals surface area (Å²) in [5.41, 5.74) is 2.30. The average Bonchev–Trinajstić information content (AvgIpc) is 3.13. The largest absolute Gasteiger partial charge is 0.310 e. The summed E-state index contributed by atoms with van der Waals surface area (Å²) in [5, 5.41) is 3.86. The lowest BCUT2D eigenvalue weighted by atomic mass is 10.1. The van der Waals surface area contributed by atoms with Crippen molar-refractivity contribution < 1.29 is 0 Å². The van der Waals surface area contributed by atoms with E-state index in [4.69, 9.17) is 0 Å². The van der Waals surface area contributed by atoms with Crippen LogP contribution in [-0.4, -0.2) is 4.57 Å². The van der Waals surface area contributed by atoms with E-state index in [1.165, 1.54) is 4.88 Å². The summed E-state index contributed by atoms with van der Waals surface area (Å²) in [4.78, 5) is 14.0. The van der Waals surface area contributed by atoms with Crippen LogP contribution in [0.3, 0.4) is 0 Å². The van der Waals surface area contributed by atoms with Crippen LogP contribution in [0.4, 0.5) is 0 Å². The van der Waals surface area contributed by atoms with Gasteiger partial charge in [-0.05, 0) is 28.5 Å². The molecule has 2 aromatic carbocycles. The zero-order valence-electron chi connectivity index (χ0n) is 12.5. The van der Waals surface area contributed by atoms with Crippen molar-refractivity contribution in [3.63, 3.8) is 0 Å². The van der Waals surface area contributed by atoms with E-state index in [-0.39, 0.29) is 5.56 Å². The van der Waals surface area contributed by atoms with Gasteiger partial charge in [-0.1, -0.05) is 54.6 Å². The Bertz CT molecular complexity index is 1000. The molecule has 0 saturated carbocycles. The fourth-order valence-electron chi connectivity index (χ4n) is 2.87. The second-order valence-electron chi connectivity index (χ2n) is 5.48. The molecule has 2 aromatic heterocycles. The number of benzene rings is 2. The van der Waals surface area contributed by atoms with E-state index >= 15 is 0 Å². The smallest absolute Gasteiger partial charge is 0.258 e. The zero-order valence-corrected chi connectivity index (χ0v) is 13.3. The monoisotopic (exact) mass is 317 g/mol. The van der Waals surface area contributed by atoms with E-state index in [0.29, 0.717) is 6.54 Å². The van der Waals surface area contributed by atoms with Crippen molar-refractivity contribution in [2.24, 2.45) is 0 Å². The molecule has 0 amide bonds. The molecule has 0 aliphatic rings. The van der Waals surface area contributed by atoms with Crippen molar-refractivity contribution in [1.82, 2.24) is 4.57 Å². The van der Waals surface area contributed by atoms with Crippen molar-refractivity contribution in [2.45, 2.75) is 6.54 Å². The Balaban J connectivity index is 1.95. The number of nitrogens with zero attached hydrogens (tertiary/aromatic N) is 1. The Kier molecular flexibility index (Phi) is 3.56. The van der Waals surface area contributed by atoms with Gasteiger partial charge < -0.3 is 4.57 Å². The fourth-order valence-corrected chi connectivity index (χ4v) is 3.62. The van der Waals surface area contributed by atoms with Crippen LogP contribution in [0.5, 0.6) is 0 Å². The fraction of sp³-hybridized carbons (Fsp3) is 0.0500. The van der Waals surface area contributed by atoms with Gasteiger partial charge in [-0.15, -0.1) is 11.3 Å². The first kappa shape index (κ1) is 14.0. The molecule has 4 aromatic rings. The number of fused-ring (bicyclic) bond motifs is 1. The van der Waals surface area contributed by atoms with Gasteiger partial charge in [0.05, 0.1) is 6.54 Å². The third-order valence-corrected chi connectivity index (χ3v) is 4.88. The van der Waals surface area contributed by atoms with Crippen LogP contribution >= 0.6 is 11.3 Å². The molecule has 0 N–H and O–H groups in total. The number of rotatable bonds is 3. The molecule has 0 spiro atoms. The Morgan fingerprint density at radius 3 is 2.30 bits per heavy atom. The first-order valence-corrected chi connectivity index (χ1v) is 8.41. The van der Waals surface area contributed by atoms with Crippen LogP contribution in [0.1, 0.15) is 5.56 Å². The van der Waals surface area contributed by atoms with Crippen LogP contribution in [0.25, 0.3) is 21.2 Å². The highest BCUT2D eigenvalue weighted by atomic mass is 32.1. The summed E-state index contributed by atoms with van der Waals surface area (Å²) in [5.74, 6) is 0. The predicted molar refractivity (Wildman–Crippen MR) is 97.1 cm³/mol. The molecule has 0 saturated heterocycles. The number of hydrogen-bond donors (Lipinski definition) is 0. The third kappa shape index (κ3) is 2.60. The number of hydrogen-bond acceptors (Lipinski definition) is 2. The molecular weight excluding hydrogens is 302 g/mol. The highest BCUT2D eigenvalue weighted by Gasteiger charge is 2.11. The molecule has 0 fully saturated rings. The standard InChI is InChI=1S/C20H15NOS/c22-20-17-10-5-4-9-16(17)18(19-11-6-12-23-19)14-21(20)13-15-7-2-1-3-8-15/h1-12,14H,13H2. The van der Waals surface area contributed by atoms with Gasteiger partial charge in [0.25, 0.3) is 5.56 Å². The molecule has 2 heterocycles. The molecule has 0 radical (unpaired) electrons. The van der Waals surface area contributed by atoms with Crippen LogP contribution < -0.4 is 5.56 Å². The van der Waals surface area contributed by atoms with Crippen molar-refractivity contribution in [1.29, 1.82) is 0 Å². The topological polar surface area (TPSA) is 22.0 Å². The van der Waals surface area contributed by atoms with Crippen LogP contribution in [0.15, 0.2) is 83.1 Å². The van der Waals surface area contributed by atoms with Gasteiger partial charge in [-0.25, -0.2) is 0 Å². The normalized spacial score (nSPS) is 11.0. The maximum absolute atomic E-state index is 12.8. The molecular formula is C20H15NOS. The molecule has 0 aliphatic carbocycles. The van der Waals surface area contributed by atoms with Gasteiger partial charge in [0.15, 0.2) is 0 Å². The van der Waals surface area contributed by atoms with Gasteiger partial charge in [0.1, 0.15) is 0 Å². The third-order valence-electron chi connectivity index (χ3n) is 3.98. The van der Waals surface area contributed by atoms with E-state index < -0.39 is 0 Å². The van der Waals surface area contributed by atoms with E-state index in [1.54, 1.807) is 11.3 Å². The van der Waals surface area contributed by atoms with Crippen molar-refractivity contribution in [3.8, 4) is 10.4 Å². The molecule has 0 bridgehead atoms. The Hall–Kier alpha value is -2.65. The zero-order chi connectivity index (χ0) is 15.6. The van der Waals surface area contributed by atoms with Crippen molar-refractivity contribution in [2.75, 3.05) is 0 Å². The molecule has 2 nitrogen and oxygen atoms in total. The molecule has 112 valence electrons. The van der Waals surface area contributed by atoms with Gasteiger partial charge in [-0.2, -0.15) is 0 Å². The Morgan fingerprint density at radius 1 is 0.826 bits per heavy atom. The number of thiophene rings is 1. The van der Waals surface area contributed by atoms with Gasteiger partial charge in [0.2, 0.25) is 0 Å². The minimum Gasteiger partial charge on any atom is -0.310 e. The van der Waals surface area contributed by atoms with Crippen molar-refractivity contribution >= 4 is 22.1 Å². The summed E-state index contributed by atoms with van der Waals surface area (Å²) in [7, 11) is 0. The van der Waals surface area contributed by atoms with Gasteiger partial charge >= 0.3 is 0 Å². The first-order valence-electron chi connectivity index (χ1n) is 7.53. The molecule has 3 heteroatoms. The lowest BCUT2D eigenvalue weighted by Crippen LogP contribution is -2.20. The molecule has 0 unspecified atom stereocenters. The highest BCUT2D eigenvalue weighted by molar-refractivity contribution is 7.13. The second-order valence-corrected chi connectivity index (χ2v) is 6.43. The molecule has 23 heavy (non-hydrogen) atoms. The molecule has 0 aliphatic heterocycles.